The molecular weight excluding hydrogens is 273 g/mol. The molecule has 1 saturated carbocycles. The molecule has 1 aliphatic heterocycles. The van der Waals surface area contributed by atoms with Crippen LogP contribution in [0.5, 0.6) is 0 Å². The Morgan fingerprint density at radius 1 is 1.23 bits per heavy atom. The molecule has 2 atom stereocenters. The number of hydrogen-bond acceptors (Lipinski definition) is 2. The van der Waals surface area contributed by atoms with Crippen LogP contribution in [0, 0.1) is 0 Å². The first-order chi connectivity index (χ1) is 10.7. The number of nitrogens with one attached hydrogen (secondary N) is 2. The third-order valence-electron chi connectivity index (χ3n) is 5.01. The topological polar surface area (TPSA) is 57.8 Å². The Bertz CT molecular complexity index is 948. The number of aromatic nitrogens is 2. The van der Waals surface area contributed by atoms with Gasteiger partial charge in [-0.25, -0.2) is 0 Å². The number of nitrogens with zero attached hydrogens (tertiary/aromatic N) is 1. The van der Waals surface area contributed by atoms with Crippen molar-refractivity contribution in [3.05, 3.63) is 53.7 Å². The Morgan fingerprint density at radius 2 is 2.14 bits per heavy atom. The number of benzene rings is 2. The lowest BCUT2D eigenvalue weighted by Gasteiger charge is -2.09. The lowest BCUT2D eigenvalue weighted by Crippen LogP contribution is -2.21. The Morgan fingerprint density at radius 3 is 3.05 bits per heavy atom. The second kappa shape index (κ2) is 3.80. The molecular formula is C17H12BN3O. The molecule has 1 spiro atoms. The van der Waals surface area contributed by atoms with Gasteiger partial charge in [0.1, 0.15) is 7.85 Å². The van der Waals surface area contributed by atoms with Gasteiger partial charge in [-0.3, -0.25) is 9.89 Å². The van der Waals surface area contributed by atoms with Gasteiger partial charge >= 0.3 is 0 Å². The first-order valence-electron chi connectivity index (χ1n) is 7.33. The van der Waals surface area contributed by atoms with Crippen molar-refractivity contribution in [3.8, 4) is 0 Å². The van der Waals surface area contributed by atoms with E-state index < -0.39 is 5.41 Å². The Balaban J connectivity index is 1.63. The van der Waals surface area contributed by atoms with E-state index in [1.54, 1.807) is 6.20 Å². The zero-order valence-electron chi connectivity index (χ0n) is 11.8. The van der Waals surface area contributed by atoms with Gasteiger partial charge in [0, 0.05) is 17.0 Å². The smallest absolute Gasteiger partial charge is 0.235 e. The van der Waals surface area contributed by atoms with Crippen molar-refractivity contribution in [2.45, 2.75) is 17.8 Å². The highest BCUT2D eigenvalue weighted by atomic mass is 16.2. The van der Waals surface area contributed by atoms with Gasteiger partial charge in [0.15, 0.2) is 0 Å². The number of carbonyl (C=O) groups excluding carboxylic acids is 1. The molecule has 1 aliphatic carbocycles. The molecule has 1 fully saturated rings. The summed E-state index contributed by atoms with van der Waals surface area (Å²) in [6.07, 6.45) is 2.63. The molecule has 2 heterocycles. The number of rotatable bonds is 1. The molecule has 0 bridgehead atoms. The van der Waals surface area contributed by atoms with Crippen molar-refractivity contribution >= 4 is 35.8 Å². The summed E-state index contributed by atoms with van der Waals surface area (Å²) >= 11 is 0. The average molecular weight is 285 g/mol. The van der Waals surface area contributed by atoms with Gasteiger partial charge in [0.25, 0.3) is 0 Å². The van der Waals surface area contributed by atoms with Gasteiger partial charge in [0.2, 0.25) is 5.91 Å². The number of anilines is 1. The fraction of sp³-hybridized carbons (Fsp3) is 0.176. The molecule has 2 aromatic carbocycles. The molecule has 4 nitrogen and oxygen atoms in total. The molecule has 2 radical (unpaired) electrons. The lowest BCUT2D eigenvalue weighted by molar-refractivity contribution is -0.118. The number of hydrogen-bond donors (Lipinski definition) is 2. The maximum absolute atomic E-state index is 12.6. The van der Waals surface area contributed by atoms with Gasteiger partial charge in [-0.2, -0.15) is 5.10 Å². The molecule has 5 heteroatoms. The van der Waals surface area contributed by atoms with Crippen LogP contribution in [-0.2, 0) is 10.2 Å². The van der Waals surface area contributed by atoms with Crippen LogP contribution in [0.4, 0.5) is 5.69 Å². The third kappa shape index (κ3) is 1.38. The van der Waals surface area contributed by atoms with Crippen LogP contribution in [0.3, 0.4) is 0 Å². The maximum Gasteiger partial charge on any atom is 0.235 e. The largest absolute Gasteiger partial charge is 0.325 e. The number of aromatic amines is 1. The van der Waals surface area contributed by atoms with Crippen molar-refractivity contribution in [3.63, 3.8) is 0 Å². The molecule has 3 aromatic rings. The standard InChI is InChI=1S/C17H12BN3O/c18-11-3-4-14-12(6-11)17(16(22)20-14)7-13(17)9-1-2-10-8-19-21-15(10)5-9/h1-6,8,13H,7H2,(H,19,21)(H,20,22). The Labute approximate surface area is 128 Å². The highest BCUT2D eigenvalue weighted by Crippen LogP contribution is 2.64. The van der Waals surface area contributed by atoms with E-state index in [0.717, 1.165) is 28.6 Å². The minimum absolute atomic E-state index is 0.0859. The molecule has 22 heavy (non-hydrogen) atoms. The van der Waals surface area contributed by atoms with E-state index in [2.05, 4.69) is 27.6 Å². The van der Waals surface area contributed by atoms with E-state index in [-0.39, 0.29) is 11.8 Å². The molecule has 2 N–H and O–H groups in total. The fourth-order valence-electron chi connectivity index (χ4n) is 3.78. The lowest BCUT2D eigenvalue weighted by atomic mass is 9.86. The van der Waals surface area contributed by atoms with Crippen LogP contribution < -0.4 is 10.8 Å². The molecule has 1 amide bonds. The van der Waals surface area contributed by atoms with Crippen LogP contribution in [0.15, 0.2) is 42.6 Å². The first-order valence-corrected chi connectivity index (χ1v) is 7.33. The molecule has 2 unspecified atom stereocenters. The highest BCUT2D eigenvalue weighted by molar-refractivity contribution is 6.32. The van der Waals surface area contributed by atoms with Crippen molar-refractivity contribution in [1.82, 2.24) is 10.2 Å². The predicted molar refractivity (Wildman–Crippen MR) is 85.6 cm³/mol. The second-order valence-electron chi connectivity index (χ2n) is 6.20. The number of amides is 1. The summed E-state index contributed by atoms with van der Waals surface area (Å²) in [5, 5.41) is 11.1. The fourth-order valence-corrected chi connectivity index (χ4v) is 3.78. The molecule has 5 rings (SSSR count). The summed E-state index contributed by atoms with van der Waals surface area (Å²) in [5.41, 5.74) is 4.35. The monoisotopic (exact) mass is 285 g/mol. The van der Waals surface area contributed by atoms with Gasteiger partial charge in [-0.15, -0.1) is 0 Å². The van der Waals surface area contributed by atoms with Crippen LogP contribution in [0.1, 0.15) is 23.5 Å². The number of fused-ring (bicyclic) bond motifs is 3. The van der Waals surface area contributed by atoms with Gasteiger partial charge < -0.3 is 5.32 Å². The predicted octanol–water partition coefficient (Wildman–Crippen LogP) is 1.73. The summed E-state index contributed by atoms with van der Waals surface area (Å²) in [7, 11) is 5.92. The van der Waals surface area contributed by atoms with E-state index >= 15 is 0 Å². The van der Waals surface area contributed by atoms with Crippen molar-refractivity contribution in [2.75, 3.05) is 5.32 Å². The van der Waals surface area contributed by atoms with Gasteiger partial charge in [0.05, 0.1) is 17.1 Å². The quantitative estimate of drug-likeness (QED) is 0.669. The molecule has 104 valence electrons. The Hall–Kier alpha value is -2.56. The van der Waals surface area contributed by atoms with Crippen LogP contribution >= 0.6 is 0 Å². The van der Waals surface area contributed by atoms with Gasteiger partial charge in [-0.05, 0) is 29.7 Å². The molecule has 2 aliphatic rings. The van der Waals surface area contributed by atoms with E-state index in [0.29, 0.717) is 5.46 Å². The van der Waals surface area contributed by atoms with E-state index in [1.165, 1.54) is 5.56 Å². The zero-order chi connectivity index (χ0) is 14.9. The van der Waals surface area contributed by atoms with E-state index in [4.69, 9.17) is 7.85 Å². The van der Waals surface area contributed by atoms with Gasteiger partial charge in [-0.1, -0.05) is 29.7 Å². The second-order valence-corrected chi connectivity index (χ2v) is 6.20. The number of carbonyl (C=O) groups is 1. The minimum Gasteiger partial charge on any atom is -0.325 e. The highest BCUT2D eigenvalue weighted by Gasteiger charge is 2.65. The third-order valence-corrected chi connectivity index (χ3v) is 5.01. The minimum atomic E-state index is -0.446. The SMILES string of the molecule is [B]c1ccc2c(c1)C1(CC1c1ccc3cn[nH]c3c1)C(=O)N2. The van der Waals surface area contributed by atoms with Crippen LogP contribution in [0.25, 0.3) is 10.9 Å². The summed E-state index contributed by atoms with van der Waals surface area (Å²) in [5.74, 6) is 0.283. The summed E-state index contributed by atoms with van der Waals surface area (Å²) in [4.78, 5) is 12.6. The van der Waals surface area contributed by atoms with Crippen molar-refractivity contribution in [1.29, 1.82) is 0 Å². The van der Waals surface area contributed by atoms with E-state index in [1.807, 2.05) is 24.3 Å². The Kier molecular flexibility index (Phi) is 2.08. The van der Waals surface area contributed by atoms with Crippen molar-refractivity contribution in [2.24, 2.45) is 0 Å². The van der Waals surface area contributed by atoms with E-state index in [9.17, 15) is 4.79 Å². The maximum atomic E-state index is 12.6. The van der Waals surface area contributed by atoms with Crippen LogP contribution in [-0.4, -0.2) is 24.0 Å². The van der Waals surface area contributed by atoms with Crippen molar-refractivity contribution < 1.29 is 4.79 Å². The summed E-state index contributed by atoms with van der Waals surface area (Å²) < 4.78 is 0. The normalized spacial score (nSPS) is 25.5. The average Bonchev–Trinajstić information content (AvgIpc) is 2.99. The summed E-state index contributed by atoms with van der Waals surface area (Å²) in [6, 6.07) is 11.9. The number of H-pyrrole nitrogens is 1. The molecule has 1 aromatic heterocycles. The summed E-state index contributed by atoms with van der Waals surface area (Å²) in [6.45, 7) is 0. The first kappa shape index (κ1) is 12.0. The molecule has 0 saturated heterocycles. The zero-order valence-corrected chi connectivity index (χ0v) is 11.8. The van der Waals surface area contributed by atoms with Crippen LogP contribution in [0.2, 0.25) is 0 Å².